The number of carboxylic acids is 1. The first kappa shape index (κ1) is 14.4. The van der Waals surface area contributed by atoms with Crippen molar-refractivity contribution in [2.75, 3.05) is 13.2 Å². The van der Waals surface area contributed by atoms with Gasteiger partial charge in [-0.05, 0) is 24.3 Å². The average molecular weight is 350 g/mol. The zero-order chi connectivity index (χ0) is 14.0. The first-order chi connectivity index (χ1) is 8.90. The predicted molar refractivity (Wildman–Crippen MR) is 70.2 cm³/mol. The monoisotopic (exact) mass is 349 g/mol. The summed E-state index contributed by atoms with van der Waals surface area (Å²) in [5.41, 5.74) is 0. The topological polar surface area (TPSA) is 92.7 Å². The third-order valence-electron chi connectivity index (χ3n) is 2.83. The lowest BCUT2D eigenvalue weighted by Gasteiger charge is -2.15. The second-order valence-electron chi connectivity index (χ2n) is 4.16. The number of ether oxygens (including phenoxy) is 1. The summed E-state index contributed by atoms with van der Waals surface area (Å²) >= 11 is 3.22. The van der Waals surface area contributed by atoms with Gasteiger partial charge < -0.3 is 9.84 Å². The zero-order valence-corrected chi connectivity index (χ0v) is 12.1. The largest absolute Gasteiger partial charge is 0.481 e. The summed E-state index contributed by atoms with van der Waals surface area (Å²) in [5.74, 6) is -1.92. The SMILES string of the molecule is O=C(O)C1COCC1NS(=O)(=O)c1ccc(Br)cc1. The number of rotatable bonds is 4. The van der Waals surface area contributed by atoms with E-state index in [-0.39, 0.29) is 18.1 Å². The van der Waals surface area contributed by atoms with E-state index in [1.807, 2.05) is 0 Å². The van der Waals surface area contributed by atoms with Gasteiger partial charge in [-0.15, -0.1) is 0 Å². The van der Waals surface area contributed by atoms with E-state index in [0.717, 1.165) is 4.47 Å². The normalized spacial score (nSPS) is 23.4. The Morgan fingerprint density at radius 3 is 2.53 bits per heavy atom. The Kier molecular flexibility index (Phi) is 4.24. The van der Waals surface area contributed by atoms with Crippen LogP contribution in [-0.4, -0.2) is 38.7 Å². The van der Waals surface area contributed by atoms with Crippen molar-refractivity contribution < 1.29 is 23.1 Å². The van der Waals surface area contributed by atoms with Gasteiger partial charge in [0.2, 0.25) is 10.0 Å². The number of sulfonamides is 1. The summed E-state index contributed by atoms with van der Waals surface area (Å²) in [6.45, 7) is 0.0790. The molecule has 0 spiro atoms. The van der Waals surface area contributed by atoms with Crippen LogP contribution in [0.2, 0.25) is 0 Å². The van der Waals surface area contributed by atoms with Crippen LogP contribution >= 0.6 is 15.9 Å². The molecule has 1 aliphatic rings. The standard InChI is InChI=1S/C11H12BrNO5S/c12-7-1-3-8(4-2-7)19(16,17)13-10-6-18-5-9(10)11(14)15/h1-4,9-10,13H,5-6H2,(H,14,15). The predicted octanol–water partition coefficient (Wildman–Crippen LogP) is 0.827. The Morgan fingerprint density at radius 2 is 1.95 bits per heavy atom. The fraction of sp³-hybridized carbons (Fsp3) is 0.364. The van der Waals surface area contributed by atoms with E-state index in [9.17, 15) is 13.2 Å². The number of hydrogen-bond donors (Lipinski definition) is 2. The zero-order valence-electron chi connectivity index (χ0n) is 9.74. The molecule has 1 aliphatic heterocycles. The van der Waals surface area contributed by atoms with Crippen LogP contribution in [0, 0.1) is 5.92 Å². The first-order valence-electron chi connectivity index (χ1n) is 5.48. The maximum absolute atomic E-state index is 12.1. The summed E-state index contributed by atoms with van der Waals surface area (Å²) in [7, 11) is -3.74. The van der Waals surface area contributed by atoms with Gasteiger partial charge in [-0.3, -0.25) is 4.79 Å². The van der Waals surface area contributed by atoms with Crippen LogP contribution < -0.4 is 4.72 Å². The van der Waals surface area contributed by atoms with Crippen molar-refractivity contribution in [2.24, 2.45) is 5.92 Å². The quantitative estimate of drug-likeness (QED) is 0.839. The number of benzene rings is 1. The highest BCUT2D eigenvalue weighted by molar-refractivity contribution is 9.10. The Balaban J connectivity index is 2.17. The molecule has 2 unspecified atom stereocenters. The summed E-state index contributed by atoms with van der Waals surface area (Å²) < 4.78 is 32.3. The maximum Gasteiger partial charge on any atom is 0.310 e. The number of carboxylic acid groups (broad SMARTS) is 1. The van der Waals surface area contributed by atoms with Gasteiger partial charge in [-0.1, -0.05) is 15.9 Å². The summed E-state index contributed by atoms with van der Waals surface area (Å²) in [5, 5.41) is 8.97. The molecule has 1 saturated heterocycles. The van der Waals surface area contributed by atoms with Crippen LogP contribution in [-0.2, 0) is 19.6 Å². The molecule has 1 aromatic rings. The molecule has 1 aromatic carbocycles. The molecule has 19 heavy (non-hydrogen) atoms. The van der Waals surface area contributed by atoms with Crippen molar-refractivity contribution in [3.8, 4) is 0 Å². The molecule has 6 nitrogen and oxygen atoms in total. The van der Waals surface area contributed by atoms with Gasteiger partial charge in [0.1, 0.15) is 0 Å². The minimum Gasteiger partial charge on any atom is -0.481 e. The summed E-state index contributed by atoms with van der Waals surface area (Å²) in [6.07, 6.45) is 0. The lowest BCUT2D eigenvalue weighted by Crippen LogP contribution is -2.42. The Labute approximate surface area is 118 Å². The van der Waals surface area contributed by atoms with Crippen molar-refractivity contribution in [1.82, 2.24) is 4.72 Å². The highest BCUT2D eigenvalue weighted by atomic mass is 79.9. The highest BCUT2D eigenvalue weighted by Crippen LogP contribution is 2.19. The van der Waals surface area contributed by atoms with Gasteiger partial charge in [-0.2, -0.15) is 0 Å². The van der Waals surface area contributed by atoms with Crippen LogP contribution in [0.4, 0.5) is 0 Å². The van der Waals surface area contributed by atoms with Crippen LogP contribution in [0.25, 0.3) is 0 Å². The van der Waals surface area contributed by atoms with Gasteiger partial charge in [0.15, 0.2) is 0 Å². The number of aliphatic carboxylic acids is 1. The second-order valence-corrected chi connectivity index (χ2v) is 6.79. The molecular weight excluding hydrogens is 338 g/mol. The van der Waals surface area contributed by atoms with Crippen LogP contribution in [0.1, 0.15) is 0 Å². The van der Waals surface area contributed by atoms with Crippen LogP contribution in [0.5, 0.6) is 0 Å². The van der Waals surface area contributed by atoms with Crippen molar-refractivity contribution in [1.29, 1.82) is 0 Å². The van der Waals surface area contributed by atoms with Gasteiger partial charge in [-0.25, -0.2) is 13.1 Å². The van der Waals surface area contributed by atoms with E-state index < -0.39 is 28.0 Å². The molecule has 0 bridgehead atoms. The van der Waals surface area contributed by atoms with Crippen LogP contribution in [0.3, 0.4) is 0 Å². The van der Waals surface area contributed by atoms with E-state index >= 15 is 0 Å². The van der Waals surface area contributed by atoms with Crippen LogP contribution in [0.15, 0.2) is 33.6 Å². The third kappa shape index (κ3) is 3.33. The molecule has 0 aromatic heterocycles. The lowest BCUT2D eigenvalue weighted by atomic mass is 10.1. The minimum atomic E-state index is -3.74. The Morgan fingerprint density at radius 1 is 1.32 bits per heavy atom. The van der Waals surface area contributed by atoms with Gasteiger partial charge in [0.05, 0.1) is 30.1 Å². The fourth-order valence-corrected chi connectivity index (χ4v) is 3.32. The molecule has 1 heterocycles. The average Bonchev–Trinajstić information content (AvgIpc) is 2.77. The summed E-state index contributed by atoms with van der Waals surface area (Å²) in [6, 6.07) is 5.35. The number of hydrogen-bond acceptors (Lipinski definition) is 4. The second kappa shape index (κ2) is 5.58. The molecule has 2 N–H and O–H groups in total. The highest BCUT2D eigenvalue weighted by Gasteiger charge is 2.36. The summed E-state index contributed by atoms with van der Waals surface area (Å²) in [4.78, 5) is 11.0. The molecule has 0 amide bonds. The van der Waals surface area contributed by atoms with Crippen molar-refractivity contribution in [3.63, 3.8) is 0 Å². The number of halogens is 1. The van der Waals surface area contributed by atoms with Gasteiger partial charge in [0, 0.05) is 4.47 Å². The van der Waals surface area contributed by atoms with Gasteiger partial charge in [0.25, 0.3) is 0 Å². The number of nitrogens with one attached hydrogen (secondary N) is 1. The fourth-order valence-electron chi connectivity index (χ4n) is 1.79. The van der Waals surface area contributed by atoms with E-state index in [1.165, 1.54) is 12.1 Å². The molecule has 2 rings (SSSR count). The molecule has 0 aliphatic carbocycles. The first-order valence-corrected chi connectivity index (χ1v) is 7.76. The molecule has 8 heteroatoms. The molecular formula is C11H12BrNO5S. The number of carbonyl (C=O) groups is 1. The Hall–Kier alpha value is -0.960. The van der Waals surface area contributed by atoms with E-state index in [4.69, 9.17) is 9.84 Å². The van der Waals surface area contributed by atoms with E-state index in [0.29, 0.717) is 0 Å². The van der Waals surface area contributed by atoms with Crippen molar-refractivity contribution in [3.05, 3.63) is 28.7 Å². The Bertz CT molecular complexity index is 571. The lowest BCUT2D eigenvalue weighted by molar-refractivity contribution is -0.142. The maximum atomic E-state index is 12.1. The van der Waals surface area contributed by atoms with E-state index in [1.54, 1.807) is 12.1 Å². The smallest absolute Gasteiger partial charge is 0.310 e. The molecule has 2 atom stereocenters. The minimum absolute atomic E-state index is 0.0167. The van der Waals surface area contributed by atoms with Gasteiger partial charge >= 0.3 is 5.97 Å². The third-order valence-corrected chi connectivity index (χ3v) is 4.86. The molecule has 0 saturated carbocycles. The van der Waals surface area contributed by atoms with Crippen molar-refractivity contribution in [2.45, 2.75) is 10.9 Å². The molecule has 104 valence electrons. The van der Waals surface area contributed by atoms with Crippen molar-refractivity contribution >= 4 is 31.9 Å². The molecule has 1 fully saturated rings. The van der Waals surface area contributed by atoms with E-state index in [2.05, 4.69) is 20.7 Å². The molecule has 0 radical (unpaired) electrons.